The minimum Gasteiger partial charge on any atom is -0.255 e. The number of aromatic nitrogens is 1. The molecule has 2 aromatic rings. The first kappa shape index (κ1) is 11.2. The van der Waals surface area contributed by atoms with Crippen LogP contribution < -0.4 is 0 Å². The van der Waals surface area contributed by atoms with Gasteiger partial charge in [-0.2, -0.15) is 0 Å². The Balaban J connectivity index is 2.21. The molecule has 0 bridgehead atoms. The van der Waals surface area contributed by atoms with Gasteiger partial charge in [-0.1, -0.05) is 36.0 Å². The van der Waals surface area contributed by atoms with Gasteiger partial charge in [-0.15, -0.1) is 0 Å². The van der Waals surface area contributed by atoms with Crippen molar-refractivity contribution in [3.05, 3.63) is 71.0 Å². The number of rotatable bonds is 1. The SMILES string of the molecule is CC1=CSc2ccccc2C(c2ccccn2)=N1. The van der Waals surface area contributed by atoms with Crippen LogP contribution in [0.5, 0.6) is 0 Å². The Morgan fingerprint density at radius 3 is 2.67 bits per heavy atom. The molecule has 0 spiro atoms. The van der Waals surface area contributed by atoms with Crippen molar-refractivity contribution < 1.29 is 0 Å². The van der Waals surface area contributed by atoms with Crippen molar-refractivity contribution in [1.82, 2.24) is 4.98 Å². The van der Waals surface area contributed by atoms with Crippen LogP contribution in [-0.4, -0.2) is 10.7 Å². The first-order valence-corrected chi connectivity index (χ1v) is 6.65. The molecule has 0 aliphatic carbocycles. The lowest BCUT2D eigenvalue weighted by Crippen LogP contribution is -2.06. The molecule has 0 radical (unpaired) electrons. The molecule has 1 aromatic heterocycles. The summed E-state index contributed by atoms with van der Waals surface area (Å²) in [7, 11) is 0. The molecular weight excluding hydrogens is 240 g/mol. The van der Waals surface area contributed by atoms with Crippen molar-refractivity contribution in [3.8, 4) is 0 Å². The average Bonchev–Trinajstić information content (AvgIpc) is 2.60. The van der Waals surface area contributed by atoms with Gasteiger partial charge in [-0.05, 0) is 30.5 Å². The highest BCUT2D eigenvalue weighted by Gasteiger charge is 2.14. The second-order valence-corrected chi connectivity index (χ2v) is 4.96. The molecule has 0 N–H and O–H groups in total. The van der Waals surface area contributed by atoms with Gasteiger partial charge < -0.3 is 0 Å². The highest BCUT2D eigenvalue weighted by Crippen LogP contribution is 2.30. The molecule has 2 heterocycles. The van der Waals surface area contributed by atoms with E-state index in [1.165, 1.54) is 4.90 Å². The molecule has 18 heavy (non-hydrogen) atoms. The van der Waals surface area contributed by atoms with Crippen LogP contribution in [0.15, 0.2) is 69.7 Å². The Morgan fingerprint density at radius 1 is 1.00 bits per heavy atom. The Morgan fingerprint density at radius 2 is 1.83 bits per heavy atom. The lowest BCUT2D eigenvalue weighted by Gasteiger charge is -2.07. The maximum Gasteiger partial charge on any atom is 0.0973 e. The number of allylic oxidation sites excluding steroid dienone is 1. The number of thioether (sulfide) groups is 1. The van der Waals surface area contributed by atoms with Gasteiger partial charge in [-0.25, -0.2) is 0 Å². The van der Waals surface area contributed by atoms with Gasteiger partial charge in [0, 0.05) is 22.4 Å². The summed E-state index contributed by atoms with van der Waals surface area (Å²) in [6, 6.07) is 14.2. The predicted molar refractivity (Wildman–Crippen MR) is 75.9 cm³/mol. The monoisotopic (exact) mass is 252 g/mol. The first-order valence-electron chi connectivity index (χ1n) is 5.77. The van der Waals surface area contributed by atoms with Crippen LogP contribution in [0.2, 0.25) is 0 Å². The highest BCUT2D eigenvalue weighted by molar-refractivity contribution is 8.02. The van der Waals surface area contributed by atoms with Gasteiger partial charge in [0.05, 0.1) is 11.4 Å². The zero-order chi connectivity index (χ0) is 12.4. The van der Waals surface area contributed by atoms with E-state index in [1.807, 2.05) is 31.2 Å². The van der Waals surface area contributed by atoms with Crippen molar-refractivity contribution in [2.45, 2.75) is 11.8 Å². The van der Waals surface area contributed by atoms with Crippen LogP contribution in [0.4, 0.5) is 0 Å². The second kappa shape index (κ2) is 4.78. The fourth-order valence-electron chi connectivity index (χ4n) is 1.87. The lowest BCUT2D eigenvalue weighted by molar-refractivity contribution is 1.24. The van der Waals surface area contributed by atoms with E-state index < -0.39 is 0 Å². The van der Waals surface area contributed by atoms with Gasteiger partial charge >= 0.3 is 0 Å². The first-order chi connectivity index (χ1) is 8.84. The van der Waals surface area contributed by atoms with Crippen molar-refractivity contribution in [3.63, 3.8) is 0 Å². The van der Waals surface area contributed by atoms with Crippen molar-refractivity contribution >= 4 is 17.5 Å². The molecule has 0 unspecified atom stereocenters. The summed E-state index contributed by atoms with van der Waals surface area (Å²) < 4.78 is 0. The Bertz CT molecular complexity index is 630. The van der Waals surface area contributed by atoms with Gasteiger partial charge in [0.1, 0.15) is 0 Å². The number of fused-ring (bicyclic) bond motifs is 1. The quantitative estimate of drug-likeness (QED) is 0.769. The molecule has 0 fully saturated rings. The predicted octanol–water partition coefficient (Wildman–Crippen LogP) is 3.89. The summed E-state index contributed by atoms with van der Waals surface area (Å²) in [5, 5.41) is 2.08. The summed E-state index contributed by atoms with van der Waals surface area (Å²) in [6.45, 7) is 2.02. The average molecular weight is 252 g/mol. The van der Waals surface area contributed by atoms with E-state index in [9.17, 15) is 0 Å². The van der Waals surface area contributed by atoms with E-state index in [0.717, 1.165) is 22.7 Å². The summed E-state index contributed by atoms with van der Waals surface area (Å²) in [6.07, 6.45) is 1.80. The molecule has 0 saturated heterocycles. The molecule has 3 heteroatoms. The van der Waals surface area contributed by atoms with E-state index in [4.69, 9.17) is 0 Å². The van der Waals surface area contributed by atoms with Gasteiger partial charge in [0.15, 0.2) is 0 Å². The van der Waals surface area contributed by atoms with Crippen LogP contribution in [0.1, 0.15) is 18.2 Å². The van der Waals surface area contributed by atoms with Crippen LogP contribution in [0, 0.1) is 0 Å². The van der Waals surface area contributed by atoms with E-state index in [-0.39, 0.29) is 0 Å². The Kier molecular flexibility index (Phi) is 2.99. The van der Waals surface area contributed by atoms with E-state index in [1.54, 1.807) is 18.0 Å². The van der Waals surface area contributed by atoms with Gasteiger partial charge in [0.25, 0.3) is 0 Å². The molecule has 2 nitrogen and oxygen atoms in total. The van der Waals surface area contributed by atoms with Crippen LogP contribution in [0.3, 0.4) is 0 Å². The van der Waals surface area contributed by atoms with Crippen molar-refractivity contribution in [2.75, 3.05) is 0 Å². The number of hydrogen-bond acceptors (Lipinski definition) is 3. The third-order valence-corrected chi connectivity index (χ3v) is 3.76. The molecule has 3 rings (SSSR count). The normalized spacial score (nSPS) is 14.3. The van der Waals surface area contributed by atoms with E-state index >= 15 is 0 Å². The molecular formula is C15H12N2S. The molecule has 0 saturated carbocycles. The third kappa shape index (κ3) is 2.09. The third-order valence-electron chi connectivity index (χ3n) is 2.69. The lowest BCUT2D eigenvalue weighted by atomic mass is 10.1. The summed E-state index contributed by atoms with van der Waals surface area (Å²) >= 11 is 1.71. The number of aliphatic imine (C=N–C) groups is 1. The maximum atomic E-state index is 4.68. The molecule has 88 valence electrons. The van der Waals surface area contributed by atoms with E-state index in [2.05, 4.69) is 33.6 Å². The number of pyridine rings is 1. The summed E-state index contributed by atoms with van der Waals surface area (Å²) in [5.41, 5.74) is 4.02. The number of benzene rings is 1. The summed E-state index contributed by atoms with van der Waals surface area (Å²) in [4.78, 5) is 10.3. The van der Waals surface area contributed by atoms with Crippen LogP contribution >= 0.6 is 11.8 Å². The highest BCUT2D eigenvalue weighted by atomic mass is 32.2. The Labute approximate surface area is 110 Å². The summed E-state index contributed by atoms with van der Waals surface area (Å²) in [5.74, 6) is 0. The molecule has 1 aliphatic rings. The van der Waals surface area contributed by atoms with Gasteiger partial charge in [-0.3, -0.25) is 9.98 Å². The Hall–Kier alpha value is -1.87. The second-order valence-electron chi connectivity index (χ2n) is 4.05. The number of nitrogens with zero attached hydrogens (tertiary/aromatic N) is 2. The molecule has 1 aromatic carbocycles. The minimum absolute atomic E-state index is 0.917. The molecule has 0 atom stereocenters. The standard InChI is InChI=1S/C15H12N2S/c1-11-10-18-14-8-3-2-6-12(14)15(17-11)13-7-4-5-9-16-13/h2-10H,1H3. The molecule has 0 amide bonds. The van der Waals surface area contributed by atoms with Crippen molar-refractivity contribution in [1.29, 1.82) is 0 Å². The van der Waals surface area contributed by atoms with Gasteiger partial charge in [0.2, 0.25) is 0 Å². The topological polar surface area (TPSA) is 25.2 Å². The number of hydrogen-bond donors (Lipinski definition) is 0. The molecule has 1 aliphatic heterocycles. The largest absolute Gasteiger partial charge is 0.255 e. The zero-order valence-electron chi connectivity index (χ0n) is 10.00. The fraction of sp³-hybridized carbons (Fsp3) is 0.0667. The minimum atomic E-state index is 0.917. The fourth-order valence-corrected chi connectivity index (χ4v) is 2.67. The maximum absolute atomic E-state index is 4.68. The smallest absolute Gasteiger partial charge is 0.0973 e. The van der Waals surface area contributed by atoms with E-state index in [0.29, 0.717) is 0 Å². The van der Waals surface area contributed by atoms with Crippen LogP contribution in [-0.2, 0) is 0 Å². The van der Waals surface area contributed by atoms with Crippen LogP contribution in [0.25, 0.3) is 0 Å². The van der Waals surface area contributed by atoms with Crippen molar-refractivity contribution in [2.24, 2.45) is 4.99 Å². The zero-order valence-corrected chi connectivity index (χ0v) is 10.8.